The number of hydrogen-bond acceptors (Lipinski definition) is 5. The monoisotopic (exact) mass is 357 g/mol. The van der Waals surface area contributed by atoms with Crippen molar-refractivity contribution in [1.82, 2.24) is 15.1 Å². The Labute approximate surface area is 150 Å². The van der Waals surface area contributed by atoms with E-state index in [9.17, 15) is 4.79 Å². The van der Waals surface area contributed by atoms with Crippen LogP contribution in [-0.4, -0.2) is 34.7 Å². The lowest BCUT2D eigenvalue weighted by Gasteiger charge is -2.17. The van der Waals surface area contributed by atoms with E-state index in [0.29, 0.717) is 23.2 Å². The fraction of sp³-hybridized carbons (Fsp3) is 0.167. The number of nitrogens with zero attached hydrogens (tertiary/aromatic N) is 3. The summed E-state index contributed by atoms with van der Waals surface area (Å²) in [5, 5.41) is 8.14. The molecule has 0 unspecified atom stereocenters. The van der Waals surface area contributed by atoms with Crippen LogP contribution in [0.25, 0.3) is 11.5 Å². The summed E-state index contributed by atoms with van der Waals surface area (Å²) in [6.45, 7) is 0.458. The first-order chi connectivity index (χ1) is 12.1. The number of amides is 1. The maximum absolute atomic E-state index is 12.2. The molecule has 0 atom stereocenters. The normalized spacial score (nSPS) is 10.5. The van der Waals surface area contributed by atoms with Crippen LogP contribution >= 0.6 is 11.6 Å². The van der Waals surface area contributed by atoms with Crippen LogP contribution in [0, 0.1) is 0 Å². The van der Waals surface area contributed by atoms with Gasteiger partial charge in [-0.25, -0.2) is 0 Å². The van der Waals surface area contributed by atoms with E-state index in [1.165, 1.54) is 6.39 Å². The third-order valence-electron chi connectivity index (χ3n) is 3.58. The minimum atomic E-state index is -0.115. The second kappa shape index (κ2) is 7.81. The Morgan fingerprint density at radius 2 is 1.88 bits per heavy atom. The van der Waals surface area contributed by atoms with Crippen LogP contribution in [0.5, 0.6) is 5.75 Å². The molecule has 0 bridgehead atoms. The van der Waals surface area contributed by atoms with Gasteiger partial charge in [0, 0.05) is 24.2 Å². The van der Waals surface area contributed by atoms with Crippen molar-refractivity contribution in [3.05, 3.63) is 65.5 Å². The van der Waals surface area contributed by atoms with Crippen molar-refractivity contribution in [1.29, 1.82) is 0 Å². The lowest BCUT2D eigenvalue weighted by atomic mass is 10.2. The van der Waals surface area contributed by atoms with Crippen LogP contribution in [0.3, 0.4) is 0 Å². The number of hydrogen-bond donors (Lipinski definition) is 0. The largest absolute Gasteiger partial charge is 0.484 e. The van der Waals surface area contributed by atoms with Crippen molar-refractivity contribution in [2.24, 2.45) is 0 Å². The van der Waals surface area contributed by atoms with Gasteiger partial charge in [-0.3, -0.25) is 4.79 Å². The molecule has 0 aliphatic rings. The van der Waals surface area contributed by atoms with E-state index in [1.807, 2.05) is 12.1 Å². The molecule has 25 heavy (non-hydrogen) atoms. The average molecular weight is 358 g/mol. The van der Waals surface area contributed by atoms with Gasteiger partial charge in [0.2, 0.25) is 12.3 Å². The molecule has 1 amide bonds. The van der Waals surface area contributed by atoms with Gasteiger partial charge in [-0.2, -0.15) is 0 Å². The summed E-state index contributed by atoms with van der Waals surface area (Å²) in [6.07, 6.45) is 1.27. The fourth-order valence-electron chi connectivity index (χ4n) is 2.20. The Balaban J connectivity index is 1.52. The van der Waals surface area contributed by atoms with E-state index in [-0.39, 0.29) is 12.5 Å². The average Bonchev–Trinajstić information content (AvgIpc) is 3.16. The van der Waals surface area contributed by atoms with Crippen molar-refractivity contribution in [2.45, 2.75) is 6.54 Å². The zero-order chi connectivity index (χ0) is 17.6. The highest BCUT2D eigenvalue weighted by Gasteiger charge is 2.11. The quantitative estimate of drug-likeness (QED) is 0.676. The molecule has 1 aromatic heterocycles. The van der Waals surface area contributed by atoms with Crippen molar-refractivity contribution in [3.63, 3.8) is 0 Å². The molecule has 0 fully saturated rings. The maximum Gasteiger partial charge on any atom is 0.260 e. The number of ether oxygens (including phenoxy) is 1. The first kappa shape index (κ1) is 17.0. The first-order valence-corrected chi connectivity index (χ1v) is 7.97. The molecule has 0 spiro atoms. The fourth-order valence-corrected chi connectivity index (χ4v) is 2.33. The summed E-state index contributed by atoms with van der Waals surface area (Å²) in [4.78, 5) is 13.8. The molecule has 3 rings (SSSR count). The van der Waals surface area contributed by atoms with Gasteiger partial charge in [0.15, 0.2) is 6.61 Å². The summed E-state index contributed by atoms with van der Waals surface area (Å²) in [6, 6.07) is 14.5. The van der Waals surface area contributed by atoms with E-state index in [1.54, 1.807) is 48.3 Å². The Hall–Kier alpha value is -2.86. The third-order valence-corrected chi connectivity index (χ3v) is 3.83. The molecule has 2 aromatic carbocycles. The van der Waals surface area contributed by atoms with Gasteiger partial charge >= 0.3 is 0 Å². The molecule has 0 saturated carbocycles. The molecule has 0 aliphatic carbocycles. The van der Waals surface area contributed by atoms with E-state index in [2.05, 4.69) is 10.2 Å². The molecule has 0 N–H and O–H groups in total. The van der Waals surface area contributed by atoms with Crippen molar-refractivity contribution in [2.75, 3.05) is 13.7 Å². The molecule has 6 nitrogen and oxygen atoms in total. The molecule has 3 aromatic rings. The first-order valence-electron chi connectivity index (χ1n) is 7.59. The number of rotatable bonds is 6. The summed E-state index contributed by atoms with van der Waals surface area (Å²) in [7, 11) is 1.74. The Morgan fingerprint density at radius 3 is 2.52 bits per heavy atom. The highest BCUT2D eigenvalue weighted by atomic mass is 35.5. The van der Waals surface area contributed by atoms with E-state index in [4.69, 9.17) is 20.8 Å². The highest BCUT2D eigenvalue weighted by Crippen LogP contribution is 2.20. The number of halogens is 1. The van der Waals surface area contributed by atoms with Gasteiger partial charge < -0.3 is 14.1 Å². The van der Waals surface area contributed by atoms with Gasteiger partial charge in [-0.15, -0.1) is 10.2 Å². The van der Waals surface area contributed by atoms with E-state index >= 15 is 0 Å². The topological polar surface area (TPSA) is 68.5 Å². The van der Waals surface area contributed by atoms with Crippen molar-refractivity contribution >= 4 is 17.5 Å². The minimum absolute atomic E-state index is 0.0377. The summed E-state index contributed by atoms with van der Waals surface area (Å²) >= 11 is 5.86. The lowest BCUT2D eigenvalue weighted by Crippen LogP contribution is -2.30. The minimum Gasteiger partial charge on any atom is -0.484 e. The van der Waals surface area contributed by atoms with Gasteiger partial charge in [0.05, 0.1) is 0 Å². The van der Waals surface area contributed by atoms with Crippen LogP contribution in [0.1, 0.15) is 5.56 Å². The van der Waals surface area contributed by atoms with Gasteiger partial charge in [-0.05, 0) is 42.0 Å². The molecule has 128 valence electrons. The lowest BCUT2D eigenvalue weighted by molar-refractivity contribution is -0.132. The number of benzene rings is 2. The zero-order valence-electron chi connectivity index (χ0n) is 13.6. The van der Waals surface area contributed by atoms with Crippen molar-refractivity contribution in [3.8, 4) is 17.2 Å². The Morgan fingerprint density at radius 1 is 1.16 bits per heavy atom. The third kappa shape index (κ3) is 4.58. The predicted octanol–water partition coefficient (Wildman–Crippen LogP) is 3.43. The summed E-state index contributed by atoms with van der Waals surface area (Å²) < 4.78 is 10.7. The van der Waals surface area contributed by atoms with Crippen LogP contribution in [0.4, 0.5) is 0 Å². The molecule has 1 heterocycles. The maximum atomic E-state index is 12.2. The predicted molar refractivity (Wildman–Crippen MR) is 93.2 cm³/mol. The van der Waals surface area contributed by atoms with Crippen molar-refractivity contribution < 1.29 is 13.9 Å². The molecular formula is C18H16ClN3O3. The Bertz CT molecular complexity index is 818. The summed E-state index contributed by atoms with van der Waals surface area (Å²) in [5.74, 6) is 0.915. The zero-order valence-corrected chi connectivity index (χ0v) is 14.3. The SMILES string of the molecule is CN(Cc1ccc(Cl)cc1)C(=O)COc1ccc(-c2nnco2)cc1. The highest BCUT2D eigenvalue weighted by molar-refractivity contribution is 6.30. The molecular weight excluding hydrogens is 342 g/mol. The van der Waals surface area contributed by atoms with E-state index < -0.39 is 0 Å². The van der Waals surface area contributed by atoms with E-state index in [0.717, 1.165) is 11.1 Å². The number of likely N-dealkylation sites (N-methyl/N-ethyl adjacent to an activating group) is 1. The molecule has 0 aliphatic heterocycles. The van der Waals surface area contributed by atoms with Crippen LogP contribution in [0.15, 0.2) is 59.3 Å². The van der Waals surface area contributed by atoms with Crippen LogP contribution < -0.4 is 4.74 Å². The molecule has 0 radical (unpaired) electrons. The standard InChI is InChI=1S/C18H16ClN3O3/c1-22(10-13-2-6-15(19)7-3-13)17(23)11-24-16-8-4-14(5-9-16)18-21-20-12-25-18/h2-9,12H,10-11H2,1H3. The number of carbonyl (C=O) groups is 1. The Kier molecular flexibility index (Phi) is 5.30. The number of aromatic nitrogens is 2. The summed E-state index contributed by atoms with van der Waals surface area (Å²) in [5.41, 5.74) is 1.79. The van der Waals surface area contributed by atoms with Gasteiger partial charge in [-0.1, -0.05) is 23.7 Å². The molecule has 0 saturated heterocycles. The molecule has 7 heteroatoms. The smallest absolute Gasteiger partial charge is 0.260 e. The van der Waals surface area contributed by atoms with Crippen LogP contribution in [0.2, 0.25) is 5.02 Å². The number of carbonyl (C=O) groups excluding carboxylic acids is 1. The van der Waals surface area contributed by atoms with Crippen LogP contribution in [-0.2, 0) is 11.3 Å². The van der Waals surface area contributed by atoms with Gasteiger partial charge in [0.25, 0.3) is 5.91 Å². The second-order valence-electron chi connectivity index (χ2n) is 5.43. The second-order valence-corrected chi connectivity index (χ2v) is 5.87. The van der Waals surface area contributed by atoms with Gasteiger partial charge in [0.1, 0.15) is 5.75 Å².